The van der Waals surface area contributed by atoms with Crippen LogP contribution in [-0.4, -0.2) is 62.9 Å². The highest BCUT2D eigenvalue weighted by atomic mass is 28.4. The Morgan fingerprint density at radius 1 is 0.647 bits per heavy atom. The first-order valence-electron chi connectivity index (χ1n) is 13.2. The van der Waals surface area contributed by atoms with Crippen LogP contribution >= 0.6 is 0 Å². The summed E-state index contributed by atoms with van der Waals surface area (Å²) in [4.78, 5) is 0. The Hall–Kier alpha value is -1.00. The third-order valence-corrected chi connectivity index (χ3v) is 8.08. The van der Waals surface area contributed by atoms with Crippen molar-refractivity contribution in [2.75, 3.05) is 54.1 Å². The average Bonchev–Trinajstić information content (AvgIpc) is 3.20. The Balaban J connectivity index is 0. The molecule has 0 aromatic carbocycles. The molecule has 1 aliphatic heterocycles. The van der Waals surface area contributed by atoms with E-state index in [1.165, 1.54) is 51.4 Å². The smallest absolute Gasteiger partial charge is 0.377 e. The van der Waals surface area contributed by atoms with Crippen molar-refractivity contribution in [2.45, 2.75) is 77.7 Å². The lowest BCUT2D eigenvalue weighted by Crippen LogP contribution is -2.43. The van der Waals surface area contributed by atoms with E-state index in [1.807, 2.05) is 36.7 Å². The van der Waals surface area contributed by atoms with Gasteiger partial charge >= 0.3 is 8.80 Å². The lowest BCUT2D eigenvalue weighted by atomic mass is 10.1. The van der Waals surface area contributed by atoms with Crippen LogP contribution in [0.5, 0.6) is 0 Å². The second-order valence-electron chi connectivity index (χ2n) is 8.08. The summed E-state index contributed by atoms with van der Waals surface area (Å²) in [6.07, 6.45) is 24.0. The standard InChI is InChI=1S/C10H27N3O3Si.C10H22.C6H7N/c1-14-17(15-2,16-3)10-4-6-12-8-9-13-7-5-11;1-3-5-7-9-10-8-6-4-2;1-2-4-6-7-5-3-1/h12-13H,4-11H2,1-3H3;3-10H2,1-2H3;1-7H. The fourth-order valence-electron chi connectivity index (χ4n) is 3.13. The van der Waals surface area contributed by atoms with E-state index in [9.17, 15) is 0 Å². The topological polar surface area (TPSA) is 89.8 Å². The van der Waals surface area contributed by atoms with Gasteiger partial charge in [-0.3, -0.25) is 0 Å². The second kappa shape index (κ2) is 30.0. The Morgan fingerprint density at radius 3 is 1.56 bits per heavy atom. The molecule has 0 aliphatic carbocycles. The summed E-state index contributed by atoms with van der Waals surface area (Å²) in [6.45, 7) is 8.92. The van der Waals surface area contributed by atoms with E-state index in [0.717, 1.165) is 38.6 Å². The molecule has 0 saturated carbocycles. The van der Waals surface area contributed by atoms with Gasteiger partial charge in [-0.2, -0.15) is 0 Å². The summed E-state index contributed by atoms with van der Waals surface area (Å²) < 4.78 is 16.0. The van der Waals surface area contributed by atoms with Crippen LogP contribution in [0.1, 0.15) is 71.6 Å². The molecule has 34 heavy (non-hydrogen) atoms. The highest BCUT2D eigenvalue weighted by Gasteiger charge is 2.36. The molecule has 0 fully saturated rings. The number of rotatable bonds is 19. The van der Waals surface area contributed by atoms with Crippen molar-refractivity contribution >= 4 is 8.80 Å². The largest absolute Gasteiger partial charge is 0.500 e. The number of unbranched alkanes of at least 4 members (excludes halogenated alkanes) is 7. The van der Waals surface area contributed by atoms with Gasteiger partial charge in [0.25, 0.3) is 0 Å². The van der Waals surface area contributed by atoms with Crippen LogP contribution in [0.2, 0.25) is 6.04 Å². The molecular weight excluding hydrogens is 444 g/mol. The number of hydrogen-bond donors (Lipinski definition) is 4. The van der Waals surface area contributed by atoms with E-state index in [4.69, 9.17) is 19.0 Å². The fraction of sp³-hybridized carbons (Fsp3) is 0.769. The summed E-state index contributed by atoms with van der Waals surface area (Å²) in [6, 6.07) is 0.833. The molecule has 7 nitrogen and oxygen atoms in total. The zero-order valence-electron chi connectivity index (χ0n) is 22.9. The van der Waals surface area contributed by atoms with Crippen molar-refractivity contribution in [2.24, 2.45) is 5.73 Å². The average molecular weight is 501 g/mol. The molecule has 202 valence electrons. The molecule has 1 aliphatic rings. The molecule has 8 heteroatoms. The van der Waals surface area contributed by atoms with Crippen LogP contribution in [0.3, 0.4) is 0 Å². The van der Waals surface area contributed by atoms with Crippen molar-refractivity contribution in [3.8, 4) is 0 Å². The Morgan fingerprint density at radius 2 is 1.12 bits per heavy atom. The molecule has 0 aromatic heterocycles. The Labute approximate surface area is 212 Å². The van der Waals surface area contributed by atoms with Crippen LogP contribution < -0.4 is 21.7 Å². The highest BCUT2D eigenvalue weighted by Crippen LogP contribution is 2.14. The zero-order chi connectivity index (χ0) is 25.6. The molecule has 0 spiro atoms. The number of nitrogens with one attached hydrogen (secondary N) is 3. The van der Waals surface area contributed by atoms with Gasteiger partial charge in [0.1, 0.15) is 0 Å². The van der Waals surface area contributed by atoms with Crippen molar-refractivity contribution in [1.82, 2.24) is 16.0 Å². The van der Waals surface area contributed by atoms with E-state index >= 15 is 0 Å². The molecule has 1 rings (SSSR count). The summed E-state index contributed by atoms with van der Waals surface area (Å²) >= 11 is 0. The van der Waals surface area contributed by atoms with E-state index in [-0.39, 0.29) is 0 Å². The van der Waals surface area contributed by atoms with Gasteiger partial charge in [0, 0.05) is 66.0 Å². The summed E-state index contributed by atoms with van der Waals surface area (Å²) in [5, 5.41) is 9.49. The zero-order valence-corrected chi connectivity index (χ0v) is 23.9. The number of nitrogens with two attached hydrogens (primary N) is 1. The first-order valence-corrected chi connectivity index (χ1v) is 15.1. The van der Waals surface area contributed by atoms with Crippen molar-refractivity contribution < 1.29 is 13.3 Å². The maximum Gasteiger partial charge on any atom is 0.500 e. The predicted octanol–water partition coefficient (Wildman–Crippen LogP) is 4.71. The SMILES string of the molecule is C1=CC=CNC=C1.CCCCCCCCCC.CO[Si](CCCNCCNCCN)(OC)OC. The van der Waals surface area contributed by atoms with Crippen molar-refractivity contribution in [3.05, 3.63) is 36.7 Å². The van der Waals surface area contributed by atoms with Crippen LogP contribution in [0.4, 0.5) is 0 Å². The normalized spacial score (nSPS) is 12.3. The molecule has 5 N–H and O–H groups in total. The monoisotopic (exact) mass is 500 g/mol. The molecule has 0 saturated heterocycles. The Bertz CT molecular complexity index is 443. The molecule has 0 bridgehead atoms. The van der Waals surface area contributed by atoms with Gasteiger partial charge in [-0.05, 0) is 25.1 Å². The molecule has 1 heterocycles. The summed E-state index contributed by atoms with van der Waals surface area (Å²) in [7, 11) is 2.56. The van der Waals surface area contributed by atoms with Gasteiger partial charge in [-0.15, -0.1) is 0 Å². The molecule has 0 radical (unpaired) electrons. The van der Waals surface area contributed by atoms with Gasteiger partial charge in [-0.25, -0.2) is 0 Å². The third-order valence-electron chi connectivity index (χ3n) is 5.24. The second-order valence-corrected chi connectivity index (χ2v) is 11.2. The molecule has 0 aromatic rings. The van der Waals surface area contributed by atoms with Crippen LogP contribution in [0.15, 0.2) is 36.7 Å². The van der Waals surface area contributed by atoms with E-state index in [1.54, 1.807) is 21.3 Å². The molecule has 0 atom stereocenters. The van der Waals surface area contributed by atoms with E-state index in [0.29, 0.717) is 6.54 Å². The number of allylic oxidation sites excluding steroid dienone is 4. The third kappa shape index (κ3) is 25.6. The lowest BCUT2D eigenvalue weighted by Gasteiger charge is -2.24. The van der Waals surface area contributed by atoms with Crippen LogP contribution in [-0.2, 0) is 13.3 Å². The minimum atomic E-state index is -2.37. The molecule has 0 amide bonds. The van der Waals surface area contributed by atoms with Gasteiger partial charge in [-0.1, -0.05) is 77.4 Å². The van der Waals surface area contributed by atoms with E-state index in [2.05, 4.69) is 29.8 Å². The maximum atomic E-state index is 5.36. The summed E-state index contributed by atoms with van der Waals surface area (Å²) in [5.41, 5.74) is 5.36. The Kier molecular flexibility index (Phi) is 31.1. The van der Waals surface area contributed by atoms with Gasteiger partial charge in [0.15, 0.2) is 0 Å². The minimum Gasteiger partial charge on any atom is -0.377 e. The van der Waals surface area contributed by atoms with Crippen molar-refractivity contribution in [1.29, 1.82) is 0 Å². The molecule has 0 unspecified atom stereocenters. The van der Waals surface area contributed by atoms with Gasteiger partial charge < -0.3 is 35.0 Å². The highest BCUT2D eigenvalue weighted by molar-refractivity contribution is 6.60. The van der Waals surface area contributed by atoms with Crippen LogP contribution in [0.25, 0.3) is 0 Å². The predicted molar refractivity (Wildman–Crippen MR) is 150 cm³/mol. The minimum absolute atomic E-state index is 0.684. The van der Waals surface area contributed by atoms with Crippen molar-refractivity contribution in [3.63, 3.8) is 0 Å². The van der Waals surface area contributed by atoms with Gasteiger partial charge in [0.2, 0.25) is 0 Å². The lowest BCUT2D eigenvalue weighted by molar-refractivity contribution is 0.123. The van der Waals surface area contributed by atoms with Gasteiger partial charge in [0.05, 0.1) is 0 Å². The quantitative estimate of drug-likeness (QED) is 0.151. The molecular formula is C26H56N4O3Si. The first-order chi connectivity index (χ1) is 16.7. The summed E-state index contributed by atoms with van der Waals surface area (Å²) in [5.74, 6) is 0. The fourth-order valence-corrected chi connectivity index (χ4v) is 4.85. The van der Waals surface area contributed by atoms with Crippen LogP contribution in [0, 0.1) is 0 Å². The first kappa shape index (κ1) is 35.2. The van der Waals surface area contributed by atoms with E-state index < -0.39 is 8.80 Å². The number of hydrogen-bond acceptors (Lipinski definition) is 7. The maximum absolute atomic E-state index is 5.36.